The van der Waals surface area contributed by atoms with E-state index >= 15 is 0 Å². The van der Waals surface area contributed by atoms with Crippen LogP contribution in [0.3, 0.4) is 0 Å². The first-order chi connectivity index (χ1) is 17.3. The van der Waals surface area contributed by atoms with E-state index in [0.29, 0.717) is 13.0 Å². The topological polar surface area (TPSA) is 82.2 Å². The summed E-state index contributed by atoms with van der Waals surface area (Å²) in [6.45, 7) is 2.81. The highest BCUT2D eigenvalue weighted by Gasteiger charge is 2.42. The Labute approximate surface area is 213 Å². The Hall–Kier alpha value is -3.39. The number of aryl methyl sites for hydroxylation is 2. The Bertz CT molecular complexity index is 1120. The summed E-state index contributed by atoms with van der Waals surface area (Å²) >= 11 is 0. The number of fused-ring (bicyclic) bond motifs is 1. The molecule has 8 heteroatoms. The predicted molar refractivity (Wildman–Crippen MR) is 139 cm³/mol. The molecule has 192 valence electrons. The number of hydrogen-bond donors (Lipinski definition) is 1. The van der Waals surface area contributed by atoms with E-state index < -0.39 is 18.1 Å². The van der Waals surface area contributed by atoms with Crippen molar-refractivity contribution >= 4 is 23.5 Å². The van der Waals surface area contributed by atoms with Crippen molar-refractivity contribution in [2.24, 2.45) is 0 Å². The zero-order valence-corrected chi connectivity index (χ0v) is 21.6. The van der Waals surface area contributed by atoms with Gasteiger partial charge in [0.2, 0.25) is 5.91 Å². The fourth-order valence-electron chi connectivity index (χ4n) is 5.19. The molecule has 4 rings (SSSR count). The van der Waals surface area contributed by atoms with Crippen LogP contribution in [0.2, 0.25) is 0 Å². The van der Waals surface area contributed by atoms with E-state index in [9.17, 15) is 14.4 Å². The molecular formula is C28H36N4O4. The molecule has 2 aliphatic rings. The third-order valence-corrected chi connectivity index (χ3v) is 7.22. The summed E-state index contributed by atoms with van der Waals surface area (Å²) in [5.41, 5.74) is 3.69. The van der Waals surface area contributed by atoms with Crippen LogP contribution in [0.5, 0.6) is 0 Å². The minimum absolute atomic E-state index is 0.162. The fraction of sp³-hybridized carbons (Fsp3) is 0.464. The van der Waals surface area contributed by atoms with Crippen LogP contribution in [-0.4, -0.2) is 74.1 Å². The Morgan fingerprint density at radius 3 is 2.50 bits per heavy atom. The lowest BCUT2D eigenvalue weighted by atomic mass is 9.99. The Balaban J connectivity index is 1.67. The van der Waals surface area contributed by atoms with Crippen molar-refractivity contribution in [3.63, 3.8) is 0 Å². The molecule has 2 heterocycles. The molecule has 4 amide bonds. The van der Waals surface area contributed by atoms with Gasteiger partial charge in [-0.15, -0.1) is 0 Å². The van der Waals surface area contributed by atoms with Crippen molar-refractivity contribution in [2.75, 3.05) is 39.2 Å². The molecule has 0 saturated carbocycles. The first-order valence-corrected chi connectivity index (χ1v) is 12.6. The highest BCUT2D eigenvalue weighted by Crippen LogP contribution is 2.30. The molecule has 0 spiro atoms. The van der Waals surface area contributed by atoms with Crippen molar-refractivity contribution in [2.45, 2.75) is 50.8 Å². The molecule has 8 nitrogen and oxygen atoms in total. The van der Waals surface area contributed by atoms with Crippen LogP contribution in [0.15, 0.2) is 48.5 Å². The number of urea groups is 1. The lowest BCUT2D eigenvalue weighted by Crippen LogP contribution is -2.52. The molecule has 3 atom stereocenters. The van der Waals surface area contributed by atoms with Gasteiger partial charge in [-0.3, -0.25) is 9.59 Å². The number of hydrogen-bond acceptors (Lipinski definition) is 4. The summed E-state index contributed by atoms with van der Waals surface area (Å²) in [4.78, 5) is 45.5. The maximum absolute atomic E-state index is 14.2. The Morgan fingerprint density at radius 2 is 1.78 bits per heavy atom. The van der Waals surface area contributed by atoms with Crippen molar-refractivity contribution in [1.82, 2.24) is 15.1 Å². The number of likely N-dealkylation sites (N-methyl/N-ethyl adjacent to an activating group) is 1. The van der Waals surface area contributed by atoms with Crippen LogP contribution in [0, 0.1) is 6.92 Å². The lowest BCUT2D eigenvalue weighted by Gasteiger charge is -2.32. The van der Waals surface area contributed by atoms with Crippen LogP contribution >= 0.6 is 0 Å². The van der Waals surface area contributed by atoms with Gasteiger partial charge in [0.15, 0.2) is 0 Å². The van der Waals surface area contributed by atoms with E-state index in [1.54, 1.807) is 21.2 Å². The summed E-state index contributed by atoms with van der Waals surface area (Å²) in [6, 6.07) is 13.6. The highest BCUT2D eigenvalue weighted by molar-refractivity contribution is 6.01. The van der Waals surface area contributed by atoms with Gasteiger partial charge in [0.1, 0.15) is 12.1 Å². The standard InChI is InChI=1S/C28H36N4O4/c1-19-11-5-7-14-22(19)25(27(34)31-16-10-9-13-20-12-6-8-15-23(20)31)29-28(35)32-18-21(36-4)17-24(32)26(33)30(2)3/h5-8,11-12,14-15,21,24-25H,9-10,13,16-18H2,1-4H3,(H,29,35)/t21-,24+,25?/m1/s1. The van der Waals surface area contributed by atoms with Gasteiger partial charge in [-0.25, -0.2) is 4.79 Å². The number of carbonyl (C=O) groups is 3. The number of methoxy groups -OCH3 is 1. The number of amides is 4. The summed E-state index contributed by atoms with van der Waals surface area (Å²) in [5, 5.41) is 3.00. The molecule has 0 bridgehead atoms. The molecule has 0 radical (unpaired) electrons. The number of anilines is 1. The second kappa shape index (κ2) is 11.1. The van der Waals surface area contributed by atoms with Gasteiger partial charge in [0.05, 0.1) is 6.10 Å². The van der Waals surface area contributed by atoms with Gasteiger partial charge in [0, 0.05) is 46.4 Å². The number of likely N-dealkylation sites (tertiary alicyclic amines) is 1. The molecular weight excluding hydrogens is 456 g/mol. The van der Waals surface area contributed by atoms with Gasteiger partial charge < -0.3 is 24.8 Å². The van der Waals surface area contributed by atoms with Crippen LogP contribution in [-0.2, 0) is 20.7 Å². The van der Waals surface area contributed by atoms with E-state index in [-0.39, 0.29) is 24.5 Å². The summed E-state index contributed by atoms with van der Waals surface area (Å²) in [6.07, 6.45) is 2.99. The van der Waals surface area contributed by atoms with E-state index in [2.05, 4.69) is 11.4 Å². The van der Waals surface area contributed by atoms with Gasteiger partial charge in [-0.05, 0) is 48.9 Å². The molecule has 2 aliphatic heterocycles. The van der Waals surface area contributed by atoms with E-state index in [1.165, 1.54) is 9.80 Å². The molecule has 1 N–H and O–H groups in total. The fourth-order valence-corrected chi connectivity index (χ4v) is 5.19. The van der Waals surface area contributed by atoms with E-state index in [0.717, 1.165) is 41.6 Å². The normalized spacial score (nSPS) is 20.3. The van der Waals surface area contributed by atoms with Crippen molar-refractivity contribution in [1.29, 1.82) is 0 Å². The lowest BCUT2D eigenvalue weighted by molar-refractivity contribution is -0.132. The first kappa shape index (κ1) is 25.7. The second-order valence-electron chi connectivity index (χ2n) is 9.81. The molecule has 2 aromatic rings. The summed E-state index contributed by atoms with van der Waals surface area (Å²) < 4.78 is 5.49. The first-order valence-electron chi connectivity index (χ1n) is 12.6. The maximum atomic E-state index is 14.2. The molecule has 0 aromatic heterocycles. The monoisotopic (exact) mass is 492 g/mol. The number of para-hydroxylation sites is 1. The number of ether oxygens (including phenoxy) is 1. The second-order valence-corrected chi connectivity index (χ2v) is 9.81. The molecule has 1 saturated heterocycles. The van der Waals surface area contributed by atoms with Crippen molar-refractivity contribution < 1.29 is 19.1 Å². The smallest absolute Gasteiger partial charge is 0.319 e. The van der Waals surface area contributed by atoms with Crippen molar-refractivity contribution in [3.8, 4) is 0 Å². The molecule has 1 fully saturated rings. The van der Waals surface area contributed by atoms with Crippen molar-refractivity contribution in [3.05, 3.63) is 65.2 Å². The van der Waals surface area contributed by atoms with Gasteiger partial charge in [0.25, 0.3) is 5.91 Å². The number of nitrogens with zero attached hydrogens (tertiary/aromatic N) is 3. The van der Waals surface area contributed by atoms with Crippen LogP contribution in [0.4, 0.5) is 10.5 Å². The van der Waals surface area contributed by atoms with Gasteiger partial charge in [-0.2, -0.15) is 0 Å². The number of benzene rings is 2. The third-order valence-electron chi connectivity index (χ3n) is 7.22. The summed E-state index contributed by atoms with van der Waals surface area (Å²) in [5.74, 6) is -0.338. The average molecular weight is 493 g/mol. The molecule has 1 unspecified atom stereocenters. The number of carbonyl (C=O) groups excluding carboxylic acids is 3. The van der Waals surface area contributed by atoms with Crippen LogP contribution < -0.4 is 10.2 Å². The minimum atomic E-state index is -0.887. The predicted octanol–water partition coefficient (Wildman–Crippen LogP) is 3.29. The quantitative estimate of drug-likeness (QED) is 0.695. The zero-order valence-electron chi connectivity index (χ0n) is 21.6. The molecule has 0 aliphatic carbocycles. The minimum Gasteiger partial charge on any atom is -0.380 e. The third kappa shape index (κ3) is 5.23. The highest BCUT2D eigenvalue weighted by atomic mass is 16.5. The summed E-state index contributed by atoms with van der Waals surface area (Å²) in [7, 11) is 4.93. The van der Waals surface area contributed by atoms with Gasteiger partial charge in [-0.1, -0.05) is 42.5 Å². The van der Waals surface area contributed by atoms with E-state index in [4.69, 9.17) is 4.74 Å². The van der Waals surface area contributed by atoms with Gasteiger partial charge >= 0.3 is 6.03 Å². The largest absolute Gasteiger partial charge is 0.380 e. The van der Waals surface area contributed by atoms with Crippen LogP contribution in [0.1, 0.15) is 42.0 Å². The number of rotatable bonds is 5. The van der Waals surface area contributed by atoms with Crippen LogP contribution in [0.25, 0.3) is 0 Å². The Morgan fingerprint density at radius 1 is 1.06 bits per heavy atom. The molecule has 2 aromatic carbocycles. The average Bonchev–Trinajstić information content (AvgIpc) is 3.20. The maximum Gasteiger partial charge on any atom is 0.319 e. The Kier molecular flexibility index (Phi) is 7.94. The zero-order chi connectivity index (χ0) is 25.8. The SMILES string of the molecule is CO[C@@H]1C[C@@H](C(=O)N(C)C)N(C(=O)NC(C(=O)N2CCCCc3ccccc32)c2ccccc2C)C1. The number of nitrogens with one attached hydrogen (secondary N) is 1. The van der Waals surface area contributed by atoms with E-state index in [1.807, 2.05) is 54.3 Å². The molecule has 36 heavy (non-hydrogen) atoms.